The third-order valence-corrected chi connectivity index (χ3v) is 8.65. The molecule has 4 rings (SSSR count). The maximum Gasteiger partial charge on any atom is 0.115 e. The predicted molar refractivity (Wildman–Crippen MR) is 135 cm³/mol. The molecule has 2 aromatic carbocycles. The summed E-state index contributed by atoms with van der Waals surface area (Å²) in [6, 6.07) is 16.9. The topological polar surface area (TPSA) is 0 Å². The molecule has 2 aromatic rings. The molecule has 0 unspecified atom stereocenters. The molecule has 32 heavy (non-hydrogen) atoms. The van der Waals surface area contributed by atoms with Crippen LogP contribution in [0.1, 0.15) is 95.1 Å². The Hall–Kier alpha value is -1.63. The lowest BCUT2D eigenvalue weighted by Crippen LogP contribution is -2.26. The van der Waals surface area contributed by atoms with Crippen LogP contribution in [-0.2, 0) is 13.1 Å². The lowest BCUT2D eigenvalue weighted by molar-refractivity contribution is 0.140. The quantitative estimate of drug-likeness (QED) is 0.368. The van der Waals surface area contributed by atoms with Crippen molar-refractivity contribution in [1.29, 1.82) is 0 Å². The van der Waals surface area contributed by atoms with Gasteiger partial charge in [-0.25, -0.2) is 4.39 Å². The number of hydrogen-bond donors (Lipinski definition) is 0. The molecule has 2 aliphatic rings. The Kier molecular flexibility index (Phi) is 8.83. The van der Waals surface area contributed by atoms with Crippen LogP contribution in [0.4, 0.5) is 4.39 Å². The zero-order valence-corrected chi connectivity index (χ0v) is 20.2. The SMILES string of the molecule is CCCCC1CCC(C2CCC(CCc3ccc(-c4ccc(CF)cc4)cc3)CC2)CC1. The zero-order valence-electron chi connectivity index (χ0n) is 20.2. The first kappa shape index (κ1) is 23.5. The van der Waals surface area contributed by atoms with Crippen LogP contribution in [0, 0.1) is 23.7 Å². The summed E-state index contributed by atoms with van der Waals surface area (Å²) < 4.78 is 12.7. The first-order valence-corrected chi connectivity index (χ1v) is 13.5. The Balaban J connectivity index is 1.17. The van der Waals surface area contributed by atoms with E-state index in [4.69, 9.17) is 0 Å². The first-order valence-electron chi connectivity index (χ1n) is 13.5. The van der Waals surface area contributed by atoms with Crippen LogP contribution in [-0.4, -0.2) is 0 Å². The molecule has 0 radical (unpaired) electrons. The minimum Gasteiger partial charge on any atom is -0.246 e. The zero-order chi connectivity index (χ0) is 22.2. The van der Waals surface area contributed by atoms with Gasteiger partial charge in [0.2, 0.25) is 0 Å². The van der Waals surface area contributed by atoms with Gasteiger partial charge >= 0.3 is 0 Å². The highest BCUT2D eigenvalue weighted by atomic mass is 19.1. The second-order valence-corrected chi connectivity index (χ2v) is 10.8. The molecular formula is C31H43F. The van der Waals surface area contributed by atoms with Crippen LogP contribution >= 0.6 is 0 Å². The Morgan fingerprint density at radius 3 is 1.56 bits per heavy atom. The third kappa shape index (κ3) is 6.46. The minimum atomic E-state index is -0.388. The largest absolute Gasteiger partial charge is 0.246 e. The molecule has 2 aliphatic carbocycles. The summed E-state index contributed by atoms with van der Waals surface area (Å²) in [4.78, 5) is 0. The maximum absolute atomic E-state index is 12.7. The first-order chi connectivity index (χ1) is 15.7. The minimum absolute atomic E-state index is 0.388. The molecule has 0 aliphatic heterocycles. The average molecular weight is 435 g/mol. The summed E-state index contributed by atoms with van der Waals surface area (Å²) in [6.45, 7) is 1.94. The standard InChI is InChI=1S/C31H43F/c1-2-3-4-24-7-15-28(16-8-24)29-17-9-25(10-18-29)5-6-26-11-19-30(20-12-26)31-21-13-27(23-32)14-22-31/h11-14,19-22,24-25,28-29H,2-10,15-18,23H2,1H3. The Labute approximate surface area is 196 Å². The average Bonchev–Trinajstić information content (AvgIpc) is 2.87. The highest BCUT2D eigenvalue weighted by molar-refractivity contribution is 5.63. The van der Waals surface area contributed by atoms with Gasteiger partial charge in [-0.15, -0.1) is 0 Å². The van der Waals surface area contributed by atoms with Crippen LogP contribution in [0.2, 0.25) is 0 Å². The van der Waals surface area contributed by atoms with Gasteiger partial charge in [0, 0.05) is 0 Å². The molecular weight excluding hydrogens is 391 g/mol. The third-order valence-electron chi connectivity index (χ3n) is 8.65. The summed E-state index contributed by atoms with van der Waals surface area (Å²) in [5, 5.41) is 0. The lowest BCUT2D eigenvalue weighted by Gasteiger charge is -2.38. The number of benzene rings is 2. The summed E-state index contributed by atoms with van der Waals surface area (Å²) in [7, 11) is 0. The molecule has 174 valence electrons. The van der Waals surface area contributed by atoms with Gasteiger partial charge in [0.1, 0.15) is 6.67 Å². The van der Waals surface area contributed by atoms with Crippen molar-refractivity contribution in [2.24, 2.45) is 23.7 Å². The molecule has 0 N–H and O–H groups in total. The molecule has 0 heterocycles. The van der Waals surface area contributed by atoms with Crippen molar-refractivity contribution in [3.05, 3.63) is 59.7 Å². The fraction of sp³-hybridized carbons (Fsp3) is 0.613. The van der Waals surface area contributed by atoms with E-state index >= 15 is 0 Å². The molecule has 0 atom stereocenters. The number of halogens is 1. The number of rotatable bonds is 9. The van der Waals surface area contributed by atoms with Crippen molar-refractivity contribution in [3.8, 4) is 11.1 Å². The van der Waals surface area contributed by atoms with E-state index in [-0.39, 0.29) is 6.67 Å². The van der Waals surface area contributed by atoms with Gasteiger partial charge in [-0.2, -0.15) is 0 Å². The van der Waals surface area contributed by atoms with Crippen molar-refractivity contribution in [3.63, 3.8) is 0 Å². The van der Waals surface area contributed by atoms with Crippen LogP contribution < -0.4 is 0 Å². The molecule has 0 bridgehead atoms. The fourth-order valence-corrected chi connectivity index (χ4v) is 6.41. The van der Waals surface area contributed by atoms with E-state index in [1.807, 2.05) is 24.3 Å². The molecule has 0 amide bonds. The van der Waals surface area contributed by atoms with E-state index < -0.39 is 0 Å². The number of hydrogen-bond acceptors (Lipinski definition) is 0. The Morgan fingerprint density at radius 2 is 1.09 bits per heavy atom. The number of aryl methyl sites for hydroxylation is 1. The van der Waals surface area contributed by atoms with Crippen LogP contribution in [0.5, 0.6) is 0 Å². The van der Waals surface area contributed by atoms with E-state index in [1.54, 1.807) is 0 Å². The van der Waals surface area contributed by atoms with Gasteiger partial charge in [0.05, 0.1) is 0 Å². The van der Waals surface area contributed by atoms with E-state index in [0.717, 1.165) is 29.2 Å². The monoisotopic (exact) mass is 434 g/mol. The number of alkyl halides is 1. The van der Waals surface area contributed by atoms with Crippen LogP contribution in [0.3, 0.4) is 0 Å². The van der Waals surface area contributed by atoms with Crippen molar-refractivity contribution in [2.45, 2.75) is 97.1 Å². The highest BCUT2D eigenvalue weighted by Crippen LogP contribution is 2.43. The van der Waals surface area contributed by atoms with Gasteiger partial charge in [-0.3, -0.25) is 0 Å². The van der Waals surface area contributed by atoms with Crippen molar-refractivity contribution < 1.29 is 4.39 Å². The normalized spacial score (nSPS) is 26.2. The molecule has 0 nitrogen and oxygen atoms in total. The van der Waals surface area contributed by atoms with Crippen LogP contribution in [0.15, 0.2) is 48.5 Å². The van der Waals surface area contributed by atoms with Crippen molar-refractivity contribution >= 4 is 0 Å². The molecule has 2 saturated carbocycles. The van der Waals surface area contributed by atoms with Crippen LogP contribution in [0.25, 0.3) is 11.1 Å². The van der Waals surface area contributed by atoms with E-state index in [1.165, 1.54) is 100 Å². The van der Waals surface area contributed by atoms with Gasteiger partial charge in [-0.1, -0.05) is 100 Å². The number of unbranched alkanes of at least 4 members (excludes halogenated alkanes) is 1. The van der Waals surface area contributed by atoms with Crippen molar-refractivity contribution in [1.82, 2.24) is 0 Å². The maximum atomic E-state index is 12.7. The molecule has 0 aromatic heterocycles. The Bertz CT molecular complexity index is 774. The molecule has 0 spiro atoms. The Morgan fingerprint density at radius 1 is 0.625 bits per heavy atom. The second-order valence-electron chi connectivity index (χ2n) is 10.8. The molecule has 1 heteroatoms. The summed E-state index contributed by atoms with van der Waals surface area (Å²) in [5.41, 5.74) is 4.61. The van der Waals surface area contributed by atoms with Gasteiger partial charge in [0.15, 0.2) is 0 Å². The second kappa shape index (κ2) is 12.0. The summed E-state index contributed by atoms with van der Waals surface area (Å²) in [6.07, 6.45) is 18.8. The van der Waals surface area contributed by atoms with E-state index in [0.29, 0.717) is 0 Å². The lowest BCUT2D eigenvalue weighted by atomic mass is 9.68. The molecule has 0 saturated heterocycles. The van der Waals surface area contributed by atoms with Gasteiger partial charge in [0.25, 0.3) is 0 Å². The smallest absolute Gasteiger partial charge is 0.115 e. The predicted octanol–water partition coefficient (Wildman–Crippen LogP) is 9.56. The fourth-order valence-electron chi connectivity index (χ4n) is 6.41. The highest BCUT2D eigenvalue weighted by Gasteiger charge is 2.30. The van der Waals surface area contributed by atoms with E-state index in [2.05, 4.69) is 31.2 Å². The van der Waals surface area contributed by atoms with Gasteiger partial charge in [-0.05, 0) is 84.5 Å². The summed E-state index contributed by atoms with van der Waals surface area (Å²) in [5.74, 6) is 4.05. The molecule has 2 fully saturated rings. The summed E-state index contributed by atoms with van der Waals surface area (Å²) >= 11 is 0. The van der Waals surface area contributed by atoms with Gasteiger partial charge < -0.3 is 0 Å². The van der Waals surface area contributed by atoms with E-state index in [9.17, 15) is 4.39 Å². The van der Waals surface area contributed by atoms with Crippen molar-refractivity contribution in [2.75, 3.05) is 0 Å².